The van der Waals surface area contributed by atoms with Crippen LogP contribution in [0.2, 0.25) is 0 Å². The van der Waals surface area contributed by atoms with Gasteiger partial charge in [0.2, 0.25) is 5.91 Å². The number of oxime groups is 1. The largest absolute Gasteiger partial charge is 0.409 e. The van der Waals surface area contributed by atoms with E-state index in [4.69, 9.17) is 10.9 Å². The zero-order valence-electron chi connectivity index (χ0n) is 12.3. The van der Waals surface area contributed by atoms with Crippen molar-refractivity contribution in [2.24, 2.45) is 22.7 Å². The molecule has 20 heavy (non-hydrogen) atoms. The molecule has 5 nitrogen and oxygen atoms in total. The van der Waals surface area contributed by atoms with Crippen LogP contribution in [-0.4, -0.2) is 34.9 Å². The predicted molar refractivity (Wildman–Crippen MR) is 78.5 cm³/mol. The molecule has 1 saturated carbocycles. The molecule has 1 aliphatic carbocycles. The molecule has 5 heteroatoms. The highest BCUT2D eigenvalue weighted by molar-refractivity contribution is 5.84. The molecule has 114 valence electrons. The van der Waals surface area contributed by atoms with Crippen molar-refractivity contribution < 1.29 is 10.0 Å². The lowest BCUT2D eigenvalue weighted by atomic mass is 9.93. The summed E-state index contributed by atoms with van der Waals surface area (Å²) in [5.41, 5.74) is 5.68. The van der Waals surface area contributed by atoms with Crippen LogP contribution < -0.4 is 5.73 Å². The Kier molecular flexibility index (Phi) is 5.68. The summed E-state index contributed by atoms with van der Waals surface area (Å²) in [4.78, 5) is 14.3. The number of nitrogens with zero attached hydrogens (tertiary/aromatic N) is 2. The monoisotopic (exact) mass is 281 g/mol. The number of rotatable bonds is 3. The highest BCUT2D eigenvalue weighted by Crippen LogP contribution is 2.27. The molecule has 0 aromatic heterocycles. The lowest BCUT2D eigenvalue weighted by molar-refractivity contribution is -0.133. The second kappa shape index (κ2) is 7.50. The van der Waals surface area contributed by atoms with E-state index in [1.165, 1.54) is 38.5 Å². The van der Waals surface area contributed by atoms with E-state index in [1.807, 2.05) is 4.90 Å². The Bertz CT molecular complexity index is 349. The normalized spacial score (nSPS) is 26.3. The van der Waals surface area contributed by atoms with Gasteiger partial charge in [0.05, 0.1) is 0 Å². The van der Waals surface area contributed by atoms with Crippen LogP contribution >= 0.6 is 0 Å². The van der Waals surface area contributed by atoms with E-state index in [0.717, 1.165) is 19.4 Å². The Morgan fingerprint density at radius 1 is 1.15 bits per heavy atom. The van der Waals surface area contributed by atoms with E-state index < -0.39 is 0 Å². The van der Waals surface area contributed by atoms with E-state index >= 15 is 0 Å². The van der Waals surface area contributed by atoms with Crippen molar-refractivity contribution >= 4 is 11.7 Å². The first-order valence-corrected chi connectivity index (χ1v) is 7.96. The van der Waals surface area contributed by atoms with Gasteiger partial charge in [-0.05, 0) is 31.6 Å². The molecule has 1 amide bonds. The maximum Gasteiger partial charge on any atom is 0.222 e. The third kappa shape index (κ3) is 4.12. The van der Waals surface area contributed by atoms with E-state index in [0.29, 0.717) is 18.9 Å². The summed E-state index contributed by atoms with van der Waals surface area (Å²) in [6.07, 6.45) is 10.1. The van der Waals surface area contributed by atoms with Crippen LogP contribution in [0.5, 0.6) is 0 Å². The zero-order chi connectivity index (χ0) is 14.4. The van der Waals surface area contributed by atoms with Gasteiger partial charge in [0, 0.05) is 25.4 Å². The van der Waals surface area contributed by atoms with Gasteiger partial charge in [-0.25, -0.2) is 0 Å². The van der Waals surface area contributed by atoms with Gasteiger partial charge >= 0.3 is 0 Å². The lowest BCUT2D eigenvalue weighted by Crippen LogP contribution is -2.44. The molecule has 1 atom stereocenters. The molecule has 0 aromatic rings. The fourth-order valence-corrected chi connectivity index (χ4v) is 3.47. The maximum absolute atomic E-state index is 12.4. The number of hydrogen-bond acceptors (Lipinski definition) is 3. The third-order valence-electron chi connectivity index (χ3n) is 4.75. The van der Waals surface area contributed by atoms with Crippen LogP contribution in [0.25, 0.3) is 0 Å². The summed E-state index contributed by atoms with van der Waals surface area (Å²) < 4.78 is 0. The van der Waals surface area contributed by atoms with Crippen molar-refractivity contribution in [1.29, 1.82) is 0 Å². The van der Waals surface area contributed by atoms with Crippen molar-refractivity contribution in [1.82, 2.24) is 4.90 Å². The summed E-state index contributed by atoms with van der Waals surface area (Å²) in [6, 6.07) is 0. The Labute approximate surface area is 121 Å². The molecule has 0 aromatic carbocycles. The highest BCUT2D eigenvalue weighted by atomic mass is 16.4. The Hall–Kier alpha value is -1.26. The van der Waals surface area contributed by atoms with Crippen LogP contribution in [0.1, 0.15) is 57.8 Å². The van der Waals surface area contributed by atoms with Gasteiger partial charge in [0.1, 0.15) is 5.84 Å². The molecular formula is C15H27N3O2. The van der Waals surface area contributed by atoms with Crippen LogP contribution in [0.15, 0.2) is 5.16 Å². The molecule has 0 radical (unpaired) electrons. The third-order valence-corrected chi connectivity index (χ3v) is 4.75. The zero-order valence-corrected chi connectivity index (χ0v) is 12.3. The average Bonchev–Trinajstić information content (AvgIpc) is 2.75. The standard InChI is InChI=1S/C15H27N3O2/c16-15(17-20)13-8-5-9-18(11-13)14(19)10-12-6-3-1-2-4-7-12/h12-13,20H,1-11H2,(H2,16,17). The molecule has 1 aliphatic heterocycles. The van der Waals surface area contributed by atoms with Crippen molar-refractivity contribution in [3.8, 4) is 0 Å². The van der Waals surface area contributed by atoms with Gasteiger partial charge in [-0.15, -0.1) is 0 Å². The average molecular weight is 281 g/mol. The quantitative estimate of drug-likeness (QED) is 0.274. The number of carbonyl (C=O) groups excluding carboxylic acids is 1. The number of likely N-dealkylation sites (tertiary alicyclic amines) is 1. The number of amidine groups is 1. The predicted octanol–water partition coefficient (Wildman–Crippen LogP) is 2.33. The number of piperidine rings is 1. The molecule has 1 saturated heterocycles. The fraction of sp³-hybridized carbons (Fsp3) is 0.867. The lowest BCUT2D eigenvalue weighted by Gasteiger charge is -2.33. The first-order chi connectivity index (χ1) is 9.70. The van der Waals surface area contributed by atoms with E-state index in [2.05, 4.69) is 5.16 Å². The van der Waals surface area contributed by atoms with Crippen molar-refractivity contribution in [3.63, 3.8) is 0 Å². The number of amides is 1. The number of nitrogens with two attached hydrogens (primary N) is 1. The molecule has 0 spiro atoms. The van der Waals surface area contributed by atoms with E-state index in [-0.39, 0.29) is 17.7 Å². The first kappa shape index (κ1) is 15.1. The Morgan fingerprint density at radius 2 is 1.85 bits per heavy atom. The molecular weight excluding hydrogens is 254 g/mol. The summed E-state index contributed by atoms with van der Waals surface area (Å²) in [6.45, 7) is 1.43. The van der Waals surface area contributed by atoms with Gasteiger partial charge < -0.3 is 15.8 Å². The summed E-state index contributed by atoms with van der Waals surface area (Å²) in [7, 11) is 0. The van der Waals surface area contributed by atoms with Crippen LogP contribution in [0.3, 0.4) is 0 Å². The van der Waals surface area contributed by atoms with Crippen LogP contribution in [0.4, 0.5) is 0 Å². The van der Waals surface area contributed by atoms with Gasteiger partial charge in [-0.2, -0.15) is 0 Å². The number of hydrogen-bond donors (Lipinski definition) is 2. The highest BCUT2D eigenvalue weighted by Gasteiger charge is 2.27. The SMILES string of the molecule is NC(=NO)C1CCCN(C(=O)CC2CCCCCC2)C1. The van der Waals surface area contributed by atoms with Crippen molar-refractivity contribution in [2.75, 3.05) is 13.1 Å². The summed E-state index contributed by atoms with van der Waals surface area (Å²) in [5.74, 6) is 1.10. The minimum atomic E-state index is 0.0202. The topological polar surface area (TPSA) is 78.9 Å². The van der Waals surface area contributed by atoms with Crippen molar-refractivity contribution in [2.45, 2.75) is 57.8 Å². The minimum Gasteiger partial charge on any atom is -0.409 e. The Balaban J connectivity index is 1.85. The first-order valence-electron chi connectivity index (χ1n) is 7.96. The van der Waals surface area contributed by atoms with Crippen molar-refractivity contribution in [3.05, 3.63) is 0 Å². The molecule has 2 rings (SSSR count). The maximum atomic E-state index is 12.4. The molecule has 2 fully saturated rings. The van der Waals surface area contributed by atoms with Crippen LogP contribution in [0, 0.1) is 11.8 Å². The second-order valence-corrected chi connectivity index (χ2v) is 6.27. The Morgan fingerprint density at radius 3 is 2.50 bits per heavy atom. The smallest absolute Gasteiger partial charge is 0.222 e. The molecule has 2 aliphatic rings. The second-order valence-electron chi connectivity index (χ2n) is 6.27. The van der Waals surface area contributed by atoms with Gasteiger partial charge in [0.25, 0.3) is 0 Å². The summed E-state index contributed by atoms with van der Waals surface area (Å²) >= 11 is 0. The van der Waals surface area contributed by atoms with Gasteiger partial charge in [0.15, 0.2) is 0 Å². The van der Waals surface area contributed by atoms with Crippen LogP contribution in [-0.2, 0) is 4.79 Å². The van der Waals surface area contributed by atoms with Gasteiger partial charge in [-0.1, -0.05) is 30.8 Å². The fourth-order valence-electron chi connectivity index (χ4n) is 3.47. The number of carbonyl (C=O) groups is 1. The molecule has 0 bridgehead atoms. The van der Waals surface area contributed by atoms with E-state index in [9.17, 15) is 4.79 Å². The minimum absolute atomic E-state index is 0.0202. The molecule has 1 heterocycles. The molecule has 1 unspecified atom stereocenters. The summed E-state index contributed by atoms with van der Waals surface area (Å²) in [5, 5.41) is 11.9. The molecule has 3 N–H and O–H groups in total. The van der Waals surface area contributed by atoms with E-state index in [1.54, 1.807) is 0 Å². The van der Waals surface area contributed by atoms with Gasteiger partial charge in [-0.3, -0.25) is 4.79 Å².